The van der Waals surface area contributed by atoms with Crippen molar-refractivity contribution in [3.63, 3.8) is 0 Å². The Labute approximate surface area is 158 Å². The van der Waals surface area contributed by atoms with Crippen molar-refractivity contribution in [1.82, 2.24) is 14.8 Å². The first-order valence-electron chi connectivity index (χ1n) is 7.44. The highest BCUT2D eigenvalue weighted by Gasteiger charge is 2.15. The molecule has 1 fully saturated rings. The van der Waals surface area contributed by atoms with Gasteiger partial charge in [-0.3, -0.25) is 4.99 Å². The van der Waals surface area contributed by atoms with Crippen LogP contribution in [0.4, 0.5) is 0 Å². The molecule has 1 unspecified atom stereocenters. The molecule has 5 nitrogen and oxygen atoms in total. The molecule has 1 atom stereocenters. The van der Waals surface area contributed by atoms with E-state index in [1.165, 1.54) is 18.5 Å². The van der Waals surface area contributed by atoms with Crippen LogP contribution in [0.3, 0.4) is 0 Å². The van der Waals surface area contributed by atoms with Gasteiger partial charge in [0, 0.05) is 50.7 Å². The number of nitrogens with one attached hydrogen (secondary N) is 1. The second kappa shape index (κ2) is 9.77. The topological polar surface area (TPSA) is 41.8 Å². The fourth-order valence-corrected chi connectivity index (χ4v) is 3.17. The molecule has 22 heavy (non-hydrogen) atoms. The molecule has 2 heterocycles. The lowest BCUT2D eigenvalue weighted by atomic mass is 10.1. The summed E-state index contributed by atoms with van der Waals surface area (Å²) in [6.07, 6.45) is 5.97. The first-order chi connectivity index (χ1) is 10.1. The van der Waals surface area contributed by atoms with Crippen LogP contribution >= 0.6 is 39.9 Å². The van der Waals surface area contributed by atoms with E-state index in [2.05, 4.69) is 62.1 Å². The summed E-state index contributed by atoms with van der Waals surface area (Å²) in [5, 5.41) is 3.42. The maximum absolute atomic E-state index is 5.75. The minimum atomic E-state index is 0. The fraction of sp³-hybridized carbons (Fsp3) is 0.667. The molecule has 126 valence electrons. The van der Waals surface area contributed by atoms with Crippen LogP contribution in [0.1, 0.15) is 25.0 Å². The van der Waals surface area contributed by atoms with Crippen molar-refractivity contribution in [3.8, 4) is 0 Å². The predicted octanol–water partition coefficient (Wildman–Crippen LogP) is 2.98. The average Bonchev–Trinajstić information content (AvgIpc) is 2.78. The van der Waals surface area contributed by atoms with E-state index in [9.17, 15) is 0 Å². The highest BCUT2D eigenvalue weighted by Crippen LogP contribution is 2.15. The lowest BCUT2D eigenvalue weighted by molar-refractivity contribution is 0.0191. The zero-order chi connectivity index (χ0) is 15.2. The van der Waals surface area contributed by atoms with Gasteiger partial charge in [-0.1, -0.05) is 0 Å². The largest absolute Gasteiger partial charge is 0.376 e. The van der Waals surface area contributed by atoms with Gasteiger partial charge in [0.15, 0.2) is 5.96 Å². The van der Waals surface area contributed by atoms with E-state index in [0.717, 1.165) is 36.5 Å². The maximum Gasteiger partial charge on any atom is 0.193 e. The van der Waals surface area contributed by atoms with Crippen molar-refractivity contribution in [2.45, 2.75) is 31.9 Å². The molecule has 0 spiro atoms. The Kier molecular flexibility index (Phi) is 8.78. The summed E-state index contributed by atoms with van der Waals surface area (Å²) in [6.45, 7) is 2.53. The number of guanidine groups is 1. The first-order valence-corrected chi connectivity index (χ1v) is 8.23. The molecule has 0 aliphatic carbocycles. The van der Waals surface area contributed by atoms with Crippen molar-refractivity contribution in [3.05, 3.63) is 22.4 Å². The molecule has 0 saturated carbocycles. The van der Waals surface area contributed by atoms with Gasteiger partial charge in [0.2, 0.25) is 0 Å². The number of aryl methyl sites for hydroxylation is 1. The van der Waals surface area contributed by atoms with E-state index >= 15 is 0 Å². The smallest absolute Gasteiger partial charge is 0.193 e. The van der Waals surface area contributed by atoms with Crippen LogP contribution in [0.25, 0.3) is 0 Å². The Morgan fingerprint density at radius 1 is 1.55 bits per heavy atom. The zero-order valence-corrected chi connectivity index (χ0v) is 17.4. The average molecular weight is 485 g/mol. The molecule has 0 aromatic carbocycles. The summed E-state index contributed by atoms with van der Waals surface area (Å²) < 4.78 is 8.97. The minimum absolute atomic E-state index is 0. The molecule has 1 aromatic rings. The summed E-state index contributed by atoms with van der Waals surface area (Å²) >= 11 is 3.51. The summed E-state index contributed by atoms with van der Waals surface area (Å²) in [6, 6.07) is 2.13. The van der Waals surface area contributed by atoms with E-state index in [0.29, 0.717) is 6.10 Å². The van der Waals surface area contributed by atoms with E-state index in [1.807, 2.05) is 7.05 Å². The number of aliphatic imine (C=N–C) groups is 1. The van der Waals surface area contributed by atoms with Gasteiger partial charge in [-0.2, -0.15) is 0 Å². The standard InChI is InChI=1S/C15H25BrN4O.HI/c1-17-15(18-9-14-6-4-5-7-21-14)20(3)11-13-8-12(16)10-19(13)2;/h8,10,14H,4-7,9,11H2,1-3H3,(H,17,18);1H. The Morgan fingerprint density at radius 3 is 2.86 bits per heavy atom. The number of rotatable bonds is 4. The van der Waals surface area contributed by atoms with Crippen LogP contribution in [0, 0.1) is 0 Å². The fourth-order valence-electron chi connectivity index (χ4n) is 2.60. The van der Waals surface area contributed by atoms with Gasteiger partial charge >= 0.3 is 0 Å². The number of nitrogens with zero attached hydrogens (tertiary/aromatic N) is 3. The SMILES string of the molecule is CN=C(NCC1CCCCO1)N(C)Cc1cc(Br)cn1C.I. The number of hydrogen-bond acceptors (Lipinski definition) is 2. The van der Waals surface area contributed by atoms with Crippen molar-refractivity contribution in [2.75, 3.05) is 27.2 Å². The lowest BCUT2D eigenvalue weighted by Crippen LogP contribution is -2.43. The molecule has 1 aliphatic heterocycles. The minimum Gasteiger partial charge on any atom is -0.376 e. The maximum atomic E-state index is 5.75. The second-order valence-corrected chi connectivity index (χ2v) is 6.45. The van der Waals surface area contributed by atoms with Crippen LogP contribution in [0.5, 0.6) is 0 Å². The molecule has 0 bridgehead atoms. The molecule has 1 aliphatic rings. The van der Waals surface area contributed by atoms with Crippen molar-refractivity contribution in [2.24, 2.45) is 12.0 Å². The molecule has 0 radical (unpaired) electrons. The normalized spacial score (nSPS) is 18.7. The number of hydrogen-bond donors (Lipinski definition) is 1. The second-order valence-electron chi connectivity index (χ2n) is 5.53. The molecule has 7 heteroatoms. The van der Waals surface area contributed by atoms with Crippen LogP contribution < -0.4 is 5.32 Å². The van der Waals surface area contributed by atoms with Gasteiger partial charge in [-0.25, -0.2) is 0 Å². The van der Waals surface area contributed by atoms with Gasteiger partial charge in [0.25, 0.3) is 0 Å². The van der Waals surface area contributed by atoms with Crippen LogP contribution in [0.15, 0.2) is 21.7 Å². The predicted molar refractivity (Wildman–Crippen MR) is 105 cm³/mol. The number of ether oxygens (including phenoxy) is 1. The number of aromatic nitrogens is 1. The van der Waals surface area contributed by atoms with Gasteiger partial charge in [0.05, 0.1) is 12.6 Å². The van der Waals surface area contributed by atoms with Crippen molar-refractivity contribution < 1.29 is 4.74 Å². The summed E-state index contributed by atoms with van der Waals surface area (Å²) in [5.74, 6) is 0.904. The van der Waals surface area contributed by atoms with E-state index in [4.69, 9.17) is 4.74 Å². The number of halogens is 2. The van der Waals surface area contributed by atoms with E-state index in [-0.39, 0.29) is 24.0 Å². The van der Waals surface area contributed by atoms with Crippen LogP contribution in [-0.4, -0.2) is 48.8 Å². The summed E-state index contributed by atoms with van der Waals surface area (Å²) in [7, 11) is 5.93. The van der Waals surface area contributed by atoms with Crippen LogP contribution in [0.2, 0.25) is 0 Å². The van der Waals surface area contributed by atoms with Gasteiger partial charge in [-0.15, -0.1) is 24.0 Å². The van der Waals surface area contributed by atoms with E-state index in [1.54, 1.807) is 0 Å². The summed E-state index contributed by atoms with van der Waals surface area (Å²) in [5.41, 5.74) is 1.24. The van der Waals surface area contributed by atoms with E-state index < -0.39 is 0 Å². The third kappa shape index (κ3) is 5.73. The molecule has 2 rings (SSSR count). The molecule has 1 N–H and O–H groups in total. The molecule has 1 aromatic heterocycles. The lowest BCUT2D eigenvalue weighted by Gasteiger charge is -2.27. The Balaban J connectivity index is 0.00000242. The molecule has 0 amide bonds. The van der Waals surface area contributed by atoms with Crippen molar-refractivity contribution >= 4 is 45.9 Å². The highest BCUT2D eigenvalue weighted by atomic mass is 127. The highest BCUT2D eigenvalue weighted by molar-refractivity contribution is 14.0. The zero-order valence-electron chi connectivity index (χ0n) is 13.5. The molecular formula is C15H26BrIN4O. The van der Waals surface area contributed by atoms with Crippen LogP contribution in [-0.2, 0) is 18.3 Å². The molecule has 1 saturated heterocycles. The third-order valence-electron chi connectivity index (χ3n) is 3.81. The molecular weight excluding hydrogens is 459 g/mol. The van der Waals surface area contributed by atoms with Crippen molar-refractivity contribution in [1.29, 1.82) is 0 Å². The van der Waals surface area contributed by atoms with Gasteiger partial charge < -0.3 is 19.5 Å². The summed E-state index contributed by atoms with van der Waals surface area (Å²) in [4.78, 5) is 6.49. The van der Waals surface area contributed by atoms with Gasteiger partial charge in [-0.05, 0) is 41.3 Å². The first kappa shape index (κ1) is 19.8. The Hall–Kier alpha value is -0.280. The van der Waals surface area contributed by atoms with Gasteiger partial charge in [0.1, 0.15) is 0 Å². The Bertz CT molecular complexity index is 486. The Morgan fingerprint density at radius 2 is 2.32 bits per heavy atom. The third-order valence-corrected chi connectivity index (χ3v) is 4.24. The monoisotopic (exact) mass is 484 g/mol. The quantitative estimate of drug-likeness (QED) is 0.406.